The van der Waals surface area contributed by atoms with E-state index in [1.54, 1.807) is 42.1 Å². The summed E-state index contributed by atoms with van der Waals surface area (Å²) in [5.74, 6) is 5.38. The maximum atomic E-state index is 11.1. The number of benzene rings is 1. The van der Waals surface area contributed by atoms with E-state index in [1.807, 2.05) is 12.1 Å². The van der Waals surface area contributed by atoms with E-state index in [4.69, 9.17) is 5.21 Å². The van der Waals surface area contributed by atoms with Crippen molar-refractivity contribution in [2.24, 2.45) is 0 Å². The van der Waals surface area contributed by atoms with Crippen molar-refractivity contribution in [2.45, 2.75) is 0 Å². The number of nitrogens with one attached hydrogen (secondary N) is 1. The largest absolute Gasteiger partial charge is 0.288 e. The standard InChI is InChI=1S/C14H10N2O2/c17-14(16-18)13-7-5-11(6-8-13)3-4-12-2-1-9-15-10-12/h1-2,5-10,18H,(H,16,17). The first kappa shape index (κ1) is 11.8. The zero-order valence-corrected chi connectivity index (χ0v) is 9.42. The number of hydroxylamine groups is 1. The predicted molar refractivity (Wildman–Crippen MR) is 65.9 cm³/mol. The van der Waals surface area contributed by atoms with Gasteiger partial charge in [0.25, 0.3) is 5.91 Å². The quantitative estimate of drug-likeness (QED) is 0.450. The molecule has 0 bridgehead atoms. The van der Waals surface area contributed by atoms with Gasteiger partial charge in [0.15, 0.2) is 0 Å². The van der Waals surface area contributed by atoms with E-state index in [0.29, 0.717) is 5.56 Å². The van der Waals surface area contributed by atoms with Crippen molar-refractivity contribution >= 4 is 5.91 Å². The van der Waals surface area contributed by atoms with Crippen LogP contribution in [-0.2, 0) is 0 Å². The number of aromatic nitrogens is 1. The van der Waals surface area contributed by atoms with E-state index < -0.39 is 5.91 Å². The highest BCUT2D eigenvalue weighted by Gasteiger charge is 2.01. The van der Waals surface area contributed by atoms with Gasteiger partial charge in [-0.05, 0) is 36.4 Å². The molecule has 0 saturated heterocycles. The number of carbonyl (C=O) groups is 1. The number of nitrogens with zero attached hydrogens (tertiary/aromatic N) is 1. The Kier molecular flexibility index (Phi) is 3.69. The third-order valence-electron chi connectivity index (χ3n) is 2.26. The van der Waals surface area contributed by atoms with Gasteiger partial charge in [-0.25, -0.2) is 5.48 Å². The number of hydrogen-bond donors (Lipinski definition) is 2. The molecule has 4 heteroatoms. The lowest BCUT2D eigenvalue weighted by atomic mass is 10.1. The van der Waals surface area contributed by atoms with E-state index >= 15 is 0 Å². The maximum absolute atomic E-state index is 11.1. The van der Waals surface area contributed by atoms with Crippen molar-refractivity contribution in [1.29, 1.82) is 0 Å². The summed E-state index contributed by atoms with van der Waals surface area (Å²) in [4.78, 5) is 15.1. The topological polar surface area (TPSA) is 62.2 Å². The Bertz CT molecular complexity index is 595. The lowest BCUT2D eigenvalue weighted by molar-refractivity contribution is 0.0706. The molecule has 0 atom stereocenters. The molecule has 0 aliphatic heterocycles. The molecule has 2 aromatic rings. The monoisotopic (exact) mass is 238 g/mol. The Labute approximate surface area is 104 Å². The second-order valence-electron chi connectivity index (χ2n) is 3.51. The number of rotatable bonds is 1. The summed E-state index contributed by atoms with van der Waals surface area (Å²) >= 11 is 0. The summed E-state index contributed by atoms with van der Waals surface area (Å²) < 4.78 is 0. The molecule has 2 N–H and O–H groups in total. The van der Waals surface area contributed by atoms with Gasteiger partial charge in [-0.2, -0.15) is 0 Å². The Hall–Kier alpha value is -2.64. The van der Waals surface area contributed by atoms with Gasteiger partial charge in [0.2, 0.25) is 0 Å². The normalized spacial score (nSPS) is 9.17. The van der Waals surface area contributed by atoms with Crippen LogP contribution in [0.15, 0.2) is 48.8 Å². The van der Waals surface area contributed by atoms with E-state index in [0.717, 1.165) is 11.1 Å². The molecule has 0 aliphatic carbocycles. The van der Waals surface area contributed by atoms with E-state index in [2.05, 4.69) is 16.8 Å². The van der Waals surface area contributed by atoms with Crippen molar-refractivity contribution in [3.8, 4) is 11.8 Å². The third-order valence-corrected chi connectivity index (χ3v) is 2.26. The van der Waals surface area contributed by atoms with Crippen LogP contribution < -0.4 is 5.48 Å². The Balaban J connectivity index is 2.17. The molecular formula is C14H10N2O2. The van der Waals surface area contributed by atoms with Gasteiger partial charge in [-0.1, -0.05) is 11.8 Å². The number of pyridine rings is 1. The second kappa shape index (κ2) is 5.62. The van der Waals surface area contributed by atoms with Crippen LogP contribution in [0.1, 0.15) is 21.5 Å². The summed E-state index contributed by atoms with van der Waals surface area (Å²) in [6.45, 7) is 0. The lowest BCUT2D eigenvalue weighted by Gasteiger charge is -1.97. The van der Waals surface area contributed by atoms with Crippen LogP contribution in [0.5, 0.6) is 0 Å². The third kappa shape index (κ3) is 2.94. The van der Waals surface area contributed by atoms with Crippen LogP contribution in [0.3, 0.4) is 0 Å². The average molecular weight is 238 g/mol. The van der Waals surface area contributed by atoms with Gasteiger partial charge in [-0.15, -0.1) is 0 Å². The highest BCUT2D eigenvalue weighted by atomic mass is 16.5. The van der Waals surface area contributed by atoms with Gasteiger partial charge >= 0.3 is 0 Å². The van der Waals surface area contributed by atoms with E-state index in [1.165, 1.54) is 0 Å². The van der Waals surface area contributed by atoms with Crippen LogP contribution >= 0.6 is 0 Å². The number of amides is 1. The highest BCUT2D eigenvalue weighted by molar-refractivity contribution is 5.93. The molecule has 0 radical (unpaired) electrons. The van der Waals surface area contributed by atoms with Crippen molar-refractivity contribution in [1.82, 2.24) is 10.5 Å². The zero-order chi connectivity index (χ0) is 12.8. The van der Waals surface area contributed by atoms with Crippen molar-refractivity contribution < 1.29 is 10.0 Å². The molecule has 0 aliphatic rings. The van der Waals surface area contributed by atoms with Crippen LogP contribution in [0.25, 0.3) is 0 Å². The number of hydrogen-bond acceptors (Lipinski definition) is 3. The minimum absolute atomic E-state index is 0.379. The van der Waals surface area contributed by atoms with Gasteiger partial charge < -0.3 is 0 Å². The fraction of sp³-hybridized carbons (Fsp3) is 0. The SMILES string of the molecule is O=C(NO)c1ccc(C#Cc2cccnc2)cc1. The molecule has 18 heavy (non-hydrogen) atoms. The van der Waals surface area contributed by atoms with Crippen molar-refractivity contribution in [2.75, 3.05) is 0 Å². The maximum Gasteiger partial charge on any atom is 0.274 e. The average Bonchev–Trinajstić information content (AvgIpc) is 2.46. The first-order chi connectivity index (χ1) is 8.79. The van der Waals surface area contributed by atoms with Gasteiger partial charge in [0.1, 0.15) is 0 Å². The van der Waals surface area contributed by atoms with Gasteiger partial charge in [0, 0.05) is 29.1 Å². The van der Waals surface area contributed by atoms with Crippen LogP contribution in [0.2, 0.25) is 0 Å². The van der Waals surface area contributed by atoms with E-state index in [-0.39, 0.29) is 0 Å². The van der Waals surface area contributed by atoms with Crippen LogP contribution in [-0.4, -0.2) is 16.1 Å². The summed E-state index contributed by atoms with van der Waals surface area (Å²) in [7, 11) is 0. The molecule has 88 valence electrons. The summed E-state index contributed by atoms with van der Waals surface area (Å²) in [5, 5.41) is 8.48. The first-order valence-corrected chi connectivity index (χ1v) is 5.26. The van der Waals surface area contributed by atoms with E-state index in [9.17, 15) is 4.79 Å². The highest BCUT2D eigenvalue weighted by Crippen LogP contribution is 2.03. The summed E-state index contributed by atoms with van der Waals surface area (Å²) in [6, 6.07) is 10.3. The Morgan fingerprint density at radius 1 is 1.11 bits per heavy atom. The molecule has 1 amide bonds. The first-order valence-electron chi connectivity index (χ1n) is 5.26. The fourth-order valence-electron chi connectivity index (χ4n) is 1.35. The minimum Gasteiger partial charge on any atom is -0.288 e. The molecule has 1 heterocycles. The minimum atomic E-state index is -0.540. The Morgan fingerprint density at radius 3 is 2.44 bits per heavy atom. The number of carbonyl (C=O) groups excluding carboxylic acids is 1. The molecule has 4 nitrogen and oxygen atoms in total. The molecule has 0 unspecified atom stereocenters. The van der Waals surface area contributed by atoms with Crippen molar-refractivity contribution in [3.63, 3.8) is 0 Å². The molecule has 0 spiro atoms. The molecule has 1 aromatic heterocycles. The second-order valence-corrected chi connectivity index (χ2v) is 3.51. The Morgan fingerprint density at radius 2 is 1.83 bits per heavy atom. The zero-order valence-electron chi connectivity index (χ0n) is 9.42. The van der Waals surface area contributed by atoms with Gasteiger partial charge in [-0.3, -0.25) is 15.0 Å². The van der Waals surface area contributed by atoms with Crippen LogP contribution in [0.4, 0.5) is 0 Å². The molecule has 2 rings (SSSR count). The summed E-state index contributed by atoms with van der Waals surface area (Å²) in [6.07, 6.45) is 3.37. The predicted octanol–water partition coefficient (Wildman–Crippen LogP) is 1.60. The van der Waals surface area contributed by atoms with Crippen LogP contribution in [0, 0.1) is 11.8 Å². The molecule has 0 saturated carbocycles. The molecule has 0 fully saturated rings. The smallest absolute Gasteiger partial charge is 0.274 e. The summed E-state index contributed by atoms with van der Waals surface area (Å²) in [5.41, 5.74) is 3.57. The molecule has 1 aromatic carbocycles. The lowest BCUT2D eigenvalue weighted by Crippen LogP contribution is -2.18. The van der Waals surface area contributed by atoms with Crippen molar-refractivity contribution in [3.05, 3.63) is 65.5 Å². The fourth-order valence-corrected chi connectivity index (χ4v) is 1.35. The molecular weight excluding hydrogens is 228 g/mol. The van der Waals surface area contributed by atoms with Gasteiger partial charge in [0.05, 0.1) is 0 Å².